The van der Waals surface area contributed by atoms with E-state index in [1.54, 1.807) is 30.3 Å². The molecule has 0 aliphatic heterocycles. The maximum absolute atomic E-state index is 12.1. The summed E-state index contributed by atoms with van der Waals surface area (Å²) in [6.07, 6.45) is 1.28. The minimum absolute atomic E-state index is 0.168. The first-order chi connectivity index (χ1) is 15.4. The van der Waals surface area contributed by atoms with Gasteiger partial charge in [0.15, 0.2) is 18.1 Å². The molecule has 0 aliphatic rings. The predicted molar refractivity (Wildman–Crippen MR) is 119 cm³/mol. The van der Waals surface area contributed by atoms with Crippen molar-refractivity contribution in [2.75, 3.05) is 39.3 Å². The quantitative estimate of drug-likeness (QED) is 0.213. The van der Waals surface area contributed by atoms with Crippen molar-refractivity contribution in [3.63, 3.8) is 0 Å². The number of hydrogen-bond donors (Lipinski definition) is 3. The topological polar surface area (TPSA) is 127 Å². The van der Waals surface area contributed by atoms with Crippen LogP contribution in [0.5, 0.6) is 11.5 Å². The Labute approximate surface area is 189 Å². The first kappa shape index (κ1) is 24.6. The number of carbonyl (C=O) groups is 3. The third kappa shape index (κ3) is 7.89. The van der Waals surface area contributed by atoms with E-state index in [2.05, 4.69) is 21.2 Å². The van der Waals surface area contributed by atoms with Crippen LogP contribution < -0.4 is 25.5 Å². The minimum atomic E-state index is -0.931. The summed E-state index contributed by atoms with van der Waals surface area (Å²) in [6.45, 7) is 0.194. The monoisotopic (exact) mass is 462 g/mol. The Morgan fingerprint density at radius 3 is 2.53 bits per heavy atom. The Hall–Kier alpha value is -3.63. The zero-order valence-electron chi connectivity index (χ0n) is 17.5. The van der Waals surface area contributed by atoms with Crippen LogP contribution >= 0.6 is 11.6 Å². The Bertz CT molecular complexity index is 968. The van der Waals surface area contributed by atoms with E-state index in [9.17, 15) is 14.4 Å². The van der Waals surface area contributed by atoms with Gasteiger partial charge in [0.1, 0.15) is 0 Å². The van der Waals surface area contributed by atoms with Crippen molar-refractivity contribution < 1.29 is 28.6 Å². The largest absolute Gasteiger partial charge is 0.493 e. The second kappa shape index (κ2) is 12.9. The zero-order chi connectivity index (χ0) is 23.3. The standard InChI is InChI=1S/C21H23ClN4O6/c1-30-9-8-23-20(28)21(29)26-24-12-14-10-16(22)19(17(11-14)31-2)32-13-18(27)25-15-6-4-3-5-7-15/h3-7,10-12H,8-9,13H2,1-2H3,(H,23,28)(H,25,27)(H,26,29)/b24-12-. The molecule has 0 unspecified atom stereocenters. The molecule has 2 aromatic rings. The van der Waals surface area contributed by atoms with Crippen LogP contribution in [0.3, 0.4) is 0 Å². The van der Waals surface area contributed by atoms with Crippen LogP contribution in [0, 0.1) is 0 Å². The van der Waals surface area contributed by atoms with E-state index in [4.69, 9.17) is 25.8 Å². The normalized spacial score (nSPS) is 10.5. The fraction of sp³-hybridized carbons (Fsp3) is 0.238. The van der Waals surface area contributed by atoms with E-state index in [0.29, 0.717) is 11.3 Å². The number of halogens is 1. The van der Waals surface area contributed by atoms with E-state index in [0.717, 1.165) is 0 Å². The Balaban J connectivity index is 1.95. The molecule has 0 heterocycles. The first-order valence-corrected chi connectivity index (χ1v) is 9.77. The summed E-state index contributed by atoms with van der Waals surface area (Å²) in [5.74, 6) is -1.70. The average Bonchev–Trinajstić information content (AvgIpc) is 2.78. The van der Waals surface area contributed by atoms with Gasteiger partial charge in [-0.2, -0.15) is 5.10 Å². The molecule has 10 nitrogen and oxygen atoms in total. The summed E-state index contributed by atoms with van der Waals surface area (Å²) in [7, 11) is 2.89. The number of hydrogen-bond acceptors (Lipinski definition) is 7. The number of para-hydroxylation sites is 1. The summed E-state index contributed by atoms with van der Waals surface area (Å²) in [6, 6.07) is 12.0. The number of anilines is 1. The van der Waals surface area contributed by atoms with Crippen molar-refractivity contribution in [3.05, 3.63) is 53.1 Å². The molecule has 0 aromatic heterocycles. The molecular formula is C21H23ClN4O6. The summed E-state index contributed by atoms with van der Waals surface area (Å²) in [4.78, 5) is 35.3. The molecule has 0 bridgehead atoms. The van der Waals surface area contributed by atoms with E-state index in [-0.39, 0.29) is 42.2 Å². The number of ether oxygens (including phenoxy) is 3. The second-order valence-electron chi connectivity index (χ2n) is 6.18. The highest BCUT2D eigenvalue weighted by molar-refractivity contribution is 6.35. The molecule has 0 atom stereocenters. The molecule has 0 fully saturated rings. The van der Waals surface area contributed by atoms with Crippen molar-refractivity contribution in [1.82, 2.24) is 10.7 Å². The van der Waals surface area contributed by atoms with Gasteiger partial charge >= 0.3 is 11.8 Å². The molecule has 3 N–H and O–H groups in total. The van der Waals surface area contributed by atoms with Crippen LogP contribution in [0.25, 0.3) is 0 Å². The van der Waals surface area contributed by atoms with Crippen LogP contribution in [0.4, 0.5) is 5.69 Å². The molecular weight excluding hydrogens is 440 g/mol. The lowest BCUT2D eigenvalue weighted by Crippen LogP contribution is -2.39. The Kier molecular flexibility index (Phi) is 9.95. The molecule has 32 heavy (non-hydrogen) atoms. The van der Waals surface area contributed by atoms with Crippen LogP contribution in [-0.4, -0.2) is 57.9 Å². The average molecular weight is 463 g/mol. The smallest absolute Gasteiger partial charge is 0.329 e. The third-order valence-electron chi connectivity index (χ3n) is 3.83. The predicted octanol–water partition coefficient (Wildman–Crippen LogP) is 1.58. The van der Waals surface area contributed by atoms with E-state index >= 15 is 0 Å². The number of methoxy groups -OCH3 is 2. The van der Waals surface area contributed by atoms with E-state index in [1.807, 2.05) is 6.07 Å². The molecule has 0 aliphatic carbocycles. The highest BCUT2D eigenvalue weighted by Crippen LogP contribution is 2.36. The van der Waals surface area contributed by atoms with Crippen LogP contribution in [0.2, 0.25) is 5.02 Å². The minimum Gasteiger partial charge on any atom is -0.493 e. The van der Waals surface area contributed by atoms with Gasteiger partial charge in [0.05, 0.1) is 25.0 Å². The number of nitrogens with one attached hydrogen (secondary N) is 3. The van der Waals surface area contributed by atoms with Crippen molar-refractivity contribution in [1.29, 1.82) is 0 Å². The third-order valence-corrected chi connectivity index (χ3v) is 4.12. The number of nitrogens with zero attached hydrogens (tertiary/aromatic N) is 1. The highest BCUT2D eigenvalue weighted by Gasteiger charge is 2.14. The van der Waals surface area contributed by atoms with Crippen molar-refractivity contribution >= 4 is 41.2 Å². The van der Waals surface area contributed by atoms with Crippen LogP contribution in [0.1, 0.15) is 5.56 Å². The van der Waals surface area contributed by atoms with Crippen molar-refractivity contribution in [2.24, 2.45) is 5.10 Å². The van der Waals surface area contributed by atoms with Gasteiger partial charge in [-0.3, -0.25) is 14.4 Å². The Morgan fingerprint density at radius 1 is 1.09 bits per heavy atom. The second-order valence-corrected chi connectivity index (χ2v) is 6.59. The molecule has 0 radical (unpaired) electrons. The number of carbonyl (C=O) groups excluding carboxylic acids is 3. The fourth-order valence-electron chi connectivity index (χ4n) is 2.37. The number of amides is 3. The summed E-state index contributed by atoms with van der Waals surface area (Å²) in [5, 5.41) is 8.95. The van der Waals surface area contributed by atoms with Gasteiger partial charge in [0.25, 0.3) is 5.91 Å². The Morgan fingerprint density at radius 2 is 1.84 bits per heavy atom. The van der Waals surface area contributed by atoms with Gasteiger partial charge in [-0.1, -0.05) is 29.8 Å². The highest BCUT2D eigenvalue weighted by atomic mass is 35.5. The SMILES string of the molecule is COCCNC(=O)C(=O)N/N=C\c1cc(Cl)c(OCC(=O)Nc2ccccc2)c(OC)c1. The number of rotatable bonds is 10. The molecule has 0 saturated carbocycles. The number of hydrazone groups is 1. The van der Waals surface area contributed by atoms with Gasteiger partial charge < -0.3 is 24.8 Å². The fourth-order valence-corrected chi connectivity index (χ4v) is 2.65. The maximum atomic E-state index is 12.1. The van der Waals surface area contributed by atoms with Gasteiger partial charge in [-0.15, -0.1) is 0 Å². The van der Waals surface area contributed by atoms with Crippen LogP contribution in [-0.2, 0) is 19.1 Å². The van der Waals surface area contributed by atoms with Crippen molar-refractivity contribution in [2.45, 2.75) is 0 Å². The van der Waals surface area contributed by atoms with Gasteiger partial charge in [0.2, 0.25) is 0 Å². The van der Waals surface area contributed by atoms with E-state index in [1.165, 1.54) is 26.5 Å². The lowest BCUT2D eigenvalue weighted by atomic mass is 10.2. The van der Waals surface area contributed by atoms with Gasteiger partial charge in [0, 0.05) is 19.3 Å². The zero-order valence-corrected chi connectivity index (χ0v) is 18.3. The lowest BCUT2D eigenvalue weighted by molar-refractivity contribution is -0.139. The maximum Gasteiger partial charge on any atom is 0.329 e. The molecule has 0 spiro atoms. The molecule has 170 valence electrons. The lowest BCUT2D eigenvalue weighted by Gasteiger charge is -2.13. The van der Waals surface area contributed by atoms with Gasteiger partial charge in [-0.05, 0) is 29.8 Å². The van der Waals surface area contributed by atoms with Crippen LogP contribution in [0.15, 0.2) is 47.6 Å². The first-order valence-electron chi connectivity index (χ1n) is 9.40. The summed E-state index contributed by atoms with van der Waals surface area (Å²) in [5.41, 5.74) is 3.21. The van der Waals surface area contributed by atoms with E-state index < -0.39 is 11.8 Å². The molecule has 3 amide bonds. The van der Waals surface area contributed by atoms with Crippen molar-refractivity contribution in [3.8, 4) is 11.5 Å². The van der Waals surface area contributed by atoms with Gasteiger partial charge in [-0.25, -0.2) is 5.43 Å². The summed E-state index contributed by atoms with van der Waals surface area (Å²) >= 11 is 6.26. The summed E-state index contributed by atoms with van der Waals surface area (Å²) < 4.78 is 15.6. The molecule has 2 aromatic carbocycles. The molecule has 11 heteroatoms. The number of benzene rings is 2. The molecule has 0 saturated heterocycles. The molecule has 2 rings (SSSR count).